The van der Waals surface area contributed by atoms with Crippen molar-refractivity contribution in [2.75, 3.05) is 0 Å². The molecule has 0 amide bonds. The van der Waals surface area contributed by atoms with Gasteiger partial charge >= 0.3 is 0 Å². The SMILES string of the molecule is C=O.[Cl-].[Cl-].[Cl-].[Cl-].[Ir]. The molecule has 0 aliphatic carbocycles. The van der Waals surface area contributed by atoms with E-state index in [-0.39, 0.29) is 69.7 Å². The van der Waals surface area contributed by atoms with Crippen LogP contribution < -0.4 is 49.6 Å². The van der Waals surface area contributed by atoms with Crippen LogP contribution in [0.3, 0.4) is 0 Å². The van der Waals surface area contributed by atoms with Gasteiger partial charge in [-0.3, -0.25) is 0 Å². The van der Waals surface area contributed by atoms with Gasteiger partial charge in [0.1, 0.15) is 6.79 Å². The molecule has 0 aromatic carbocycles. The van der Waals surface area contributed by atoms with Crippen molar-refractivity contribution in [3.05, 3.63) is 0 Å². The minimum atomic E-state index is 0. The normalized spacial score (nSPS) is 0.571. The second kappa shape index (κ2) is 143. The number of hydrogen-bond acceptors (Lipinski definition) is 1. The fourth-order valence-corrected chi connectivity index (χ4v) is 0. The van der Waals surface area contributed by atoms with E-state index in [0.717, 1.165) is 0 Å². The third-order valence-electron chi connectivity index (χ3n) is 0. The summed E-state index contributed by atoms with van der Waals surface area (Å²) in [5, 5.41) is 0. The first-order valence-electron chi connectivity index (χ1n) is 0.289. The molecule has 53 valence electrons. The van der Waals surface area contributed by atoms with Crippen LogP contribution in [0.5, 0.6) is 0 Å². The fourth-order valence-electron chi connectivity index (χ4n) is 0. The Labute approximate surface area is 81.0 Å². The van der Waals surface area contributed by atoms with Gasteiger partial charge in [-0.15, -0.1) is 0 Å². The molecule has 7 heavy (non-hydrogen) atoms. The predicted octanol–water partition coefficient (Wildman–Crippen LogP) is -12.2. The Morgan fingerprint density at radius 1 is 0.714 bits per heavy atom. The van der Waals surface area contributed by atoms with Gasteiger partial charge in [-0.05, 0) is 0 Å². The van der Waals surface area contributed by atoms with Crippen LogP contribution >= 0.6 is 0 Å². The molecule has 0 atom stereocenters. The van der Waals surface area contributed by atoms with Gasteiger partial charge in [0.2, 0.25) is 0 Å². The minimum Gasteiger partial charge on any atom is -1.00 e. The van der Waals surface area contributed by atoms with Gasteiger partial charge in [0.05, 0.1) is 0 Å². The monoisotopic (exact) mass is 363 g/mol. The number of halogens is 4. The fraction of sp³-hybridized carbons (Fsp3) is 0. The summed E-state index contributed by atoms with van der Waals surface area (Å²) in [5.74, 6) is 0. The van der Waals surface area contributed by atoms with Gasteiger partial charge in [0.25, 0.3) is 0 Å². The van der Waals surface area contributed by atoms with Gasteiger partial charge in [0.15, 0.2) is 0 Å². The third kappa shape index (κ3) is 103. The molecule has 0 fully saturated rings. The first-order valence-corrected chi connectivity index (χ1v) is 0.289. The van der Waals surface area contributed by atoms with Crippen LogP contribution in [0.2, 0.25) is 0 Å². The van der Waals surface area contributed by atoms with E-state index < -0.39 is 0 Å². The standard InChI is InChI=1S/CH2O.4ClH.Ir/c1-2;;;;;/h1H2;4*1H;/p-4. The summed E-state index contributed by atoms with van der Waals surface area (Å²) in [6.07, 6.45) is 0. The van der Waals surface area contributed by atoms with Crippen LogP contribution in [-0.4, -0.2) is 6.79 Å². The Kier molecular flexibility index (Phi) is 1580. The molecule has 0 spiro atoms. The molecule has 0 aromatic rings. The van der Waals surface area contributed by atoms with Crippen molar-refractivity contribution >= 4 is 6.79 Å². The molecule has 0 rings (SSSR count). The minimum absolute atomic E-state index is 0. The molecule has 1 nitrogen and oxygen atoms in total. The first kappa shape index (κ1) is 77.2. The Balaban J connectivity index is -0.000000000500. The summed E-state index contributed by atoms with van der Waals surface area (Å²) in [6, 6.07) is 0. The molecule has 0 N–H and O–H groups in total. The summed E-state index contributed by atoms with van der Waals surface area (Å²) in [6.45, 7) is 2.00. The van der Waals surface area contributed by atoms with Crippen LogP contribution in [0.25, 0.3) is 0 Å². The molecule has 0 saturated carbocycles. The quantitative estimate of drug-likeness (QED) is 0.418. The van der Waals surface area contributed by atoms with E-state index in [9.17, 15) is 0 Å². The number of carbonyl (C=O) groups excluding carboxylic acids is 1. The molecule has 0 aromatic heterocycles. The Morgan fingerprint density at radius 2 is 0.714 bits per heavy atom. The second-order valence-electron chi connectivity index (χ2n) is 0. The van der Waals surface area contributed by atoms with Crippen molar-refractivity contribution in [1.82, 2.24) is 0 Å². The molecule has 0 unspecified atom stereocenters. The van der Waals surface area contributed by atoms with Crippen molar-refractivity contribution in [2.24, 2.45) is 0 Å². The van der Waals surface area contributed by atoms with Gasteiger partial charge in [-0.25, -0.2) is 0 Å². The van der Waals surface area contributed by atoms with Crippen LogP contribution in [0.4, 0.5) is 0 Å². The molecule has 0 bridgehead atoms. The summed E-state index contributed by atoms with van der Waals surface area (Å²) < 4.78 is 0. The molecular formula is CH2Cl4IrO-4. The maximum atomic E-state index is 8.00. The van der Waals surface area contributed by atoms with E-state index in [1.54, 1.807) is 0 Å². The summed E-state index contributed by atoms with van der Waals surface area (Å²) >= 11 is 0. The van der Waals surface area contributed by atoms with Crippen LogP contribution in [0.1, 0.15) is 0 Å². The Morgan fingerprint density at radius 3 is 0.714 bits per heavy atom. The Hall–Kier alpha value is 1.48. The van der Waals surface area contributed by atoms with Crippen LogP contribution in [0.15, 0.2) is 0 Å². The van der Waals surface area contributed by atoms with Crippen molar-refractivity contribution in [3.63, 3.8) is 0 Å². The molecule has 0 aliphatic heterocycles. The molecular weight excluding hydrogens is 362 g/mol. The summed E-state index contributed by atoms with van der Waals surface area (Å²) in [4.78, 5) is 8.00. The van der Waals surface area contributed by atoms with Crippen molar-refractivity contribution in [3.8, 4) is 0 Å². The van der Waals surface area contributed by atoms with Crippen molar-refractivity contribution < 1.29 is 74.5 Å². The van der Waals surface area contributed by atoms with Gasteiger partial charge in [-0.2, -0.15) is 0 Å². The third-order valence-corrected chi connectivity index (χ3v) is 0. The predicted molar refractivity (Wildman–Crippen MR) is 7.12 cm³/mol. The molecule has 0 saturated heterocycles. The number of hydrogen-bond donors (Lipinski definition) is 0. The average molecular weight is 364 g/mol. The van der Waals surface area contributed by atoms with Gasteiger partial charge in [0, 0.05) is 20.1 Å². The van der Waals surface area contributed by atoms with E-state index in [4.69, 9.17) is 4.79 Å². The maximum absolute atomic E-state index is 8.00. The smallest absolute Gasteiger partial charge is 0.106 e. The van der Waals surface area contributed by atoms with E-state index in [2.05, 4.69) is 0 Å². The molecule has 6 heteroatoms. The van der Waals surface area contributed by atoms with Crippen molar-refractivity contribution in [1.29, 1.82) is 0 Å². The zero-order valence-electron chi connectivity index (χ0n) is 2.96. The topological polar surface area (TPSA) is 17.1 Å². The molecule has 0 heterocycles. The molecule has 1 radical (unpaired) electrons. The number of rotatable bonds is 0. The zero-order valence-corrected chi connectivity index (χ0v) is 8.38. The average Bonchev–Trinajstić information content (AvgIpc) is 1.00. The van der Waals surface area contributed by atoms with Gasteiger partial charge < -0.3 is 54.4 Å². The number of carbonyl (C=O) groups is 1. The van der Waals surface area contributed by atoms with E-state index in [0.29, 0.717) is 0 Å². The van der Waals surface area contributed by atoms with E-state index >= 15 is 0 Å². The first-order chi connectivity index (χ1) is 1.00. The second-order valence-corrected chi connectivity index (χ2v) is 0. The summed E-state index contributed by atoms with van der Waals surface area (Å²) in [5.41, 5.74) is 0. The largest absolute Gasteiger partial charge is 1.00 e. The molecule has 0 aliphatic rings. The van der Waals surface area contributed by atoms with Crippen molar-refractivity contribution in [2.45, 2.75) is 0 Å². The van der Waals surface area contributed by atoms with Crippen LogP contribution in [-0.2, 0) is 24.9 Å². The van der Waals surface area contributed by atoms with Crippen LogP contribution in [0, 0.1) is 0 Å². The van der Waals surface area contributed by atoms with E-state index in [1.807, 2.05) is 6.79 Å². The van der Waals surface area contributed by atoms with Gasteiger partial charge in [-0.1, -0.05) is 0 Å². The zero-order chi connectivity index (χ0) is 2.00. The Bertz CT molecular complexity index is 11.7. The van der Waals surface area contributed by atoms with E-state index in [1.165, 1.54) is 0 Å². The summed E-state index contributed by atoms with van der Waals surface area (Å²) in [7, 11) is 0. The maximum Gasteiger partial charge on any atom is 0.106 e.